The molecule has 1 fully saturated rings. The Hall–Kier alpha value is -3.35. The van der Waals surface area contributed by atoms with E-state index in [-0.39, 0.29) is 11.8 Å². The van der Waals surface area contributed by atoms with Crippen LogP contribution in [0.2, 0.25) is 0 Å². The van der Waals surface area contributed by atoms with Gasteiger partial charge in [-0.3, -0.25) is 9.59 Å². The van der Waals surface area contributed by atoms with Crippen molar-refractivity contribution in [2.45, 2.75) is 5.92 Å². The van der Waals surface area contributed by atoms with Gasteiger partial charge in [0.1, 0.15) is 17.4 Å². The van der Waals surface area contributed by atoms with Gasteiger partial charge < -0.3 is 14.8 Å². The number of hydrogen-bond donors (Lipinski definition) is 2. The smallest absolute Gasteiger partial charge is 0.253 e. The molecule has 2 amide bonds. The fourth-order valence-electron chi connectivity index (χ4n) is 3.11. The predicted molar refractivity (Wildman–Crippen MR) is 101 cm³/mol. The molecule has 2 N–H and O–H groups in total. The highest BCUT2D eigenvalue weighted by Crippen LogP contribution is 2.29. The molecule has 2 aromatic carbocycles. The van der Waals surface area contributed by atoms with E-state index in [9.17, 15) is 9.59 Å². The van der Waals surface area contributed by atoms with Crippen LogP contribution in [-0.4, -0.2) is 38.8 Å². The van der Waals surface area contributed by atoms with Gasteiger partial charge in [-0.15, -0.1) is 0 Å². The third-order valence-corrected chi connectivity index (χ3v) is 4.51. The van der Waals surface area contributed by atoms with Crippen molar-refractivity contribution in [3.63, 3.8) is 0 Å². The minimum absolute atomic E-state index is 0.222. The first-order valence-corrected chi connectivity index (χ1v) is 8.51. The Balaban J connectivity index is 1.73. The number of hydrazone groups is 1. The normalized spacial score (nSPS) is 19.0. The third-order valence-electron chi connectivity index (χ3n) is 4.51. The highest BCUT2D eigenvalue weighted by molar-refractivity contribution is 6.03. The summed E-state index contributed by atoms with van der Waals surface area (Å²) < 4.78 is 10.5. The molecule has 3 rings (SSSR count). The monoisotopic (exact) mass is 367 g/mol. The van der Waals surface area contributed by atoms with Crippen LogP contribution in [0.15, 0.2) is 53.6 Å². The van der Waals surface area contributed by atoms with Gasteiger partial charge in [0.15, 0.2) is 0 Å². The minimum atomic E-state index is -0.822. The second kappa shape index (κ2) is 8.35. The van der Waals surface area contributed by atoms with Crippen LogP contribution in [0.1, 0.15) is 17.0 Å². The molecule has 2 aromatic rings. The topological polar surface area (TPSA) is 89.0 Å². The van der Waals surface area contributed by atoms with Crippen molar-refractivity contribution < 1.29 is 19.1 Å². The Morgan fingerprint density at radius 3 is 2.67 bits per heavy atom. The van der Waals surface area contributed by atoms with E-state index in [1.807, 2.05) is 30.3 Å². The third kappa shape index (κ3) is 4.08. The standard InChI is InChI=1S/C20H21N3O4/c1-26-15-8-9-17(27-2)14(10-15)11-22-23-20(25)18-16(12-21-19(18)24)13-6-4-3-5-7-13/h3-11,16,18H,12H2,1-2H3,(H,21,24)(H,23,25)/b22-11+/t16-,18-/m1/s1. The lowest BCUT2D eigenvalue weighted by atomic mass is 9.88. The van der Waals surface area contributed by atoms with Gasteiger partial charge in [0, 0.05) is 18.0 Å². The molecule has 0 aromatic heterocycles. The molecule has 2 atom stereocenters. The molecule has 0 saturated carbocycles. The van der Waals surface area contributed by atoms with Gasteiger partial charge in [0.2, 0.25) is 5.91 Å². The lowest BCUT2D eigenvalue weighted by Crippen LogP contribution is -2.34. The second-order valence-electron chi connectivity index (χ2n) is 6.08. The lowest BCUT2D eigenvalue weighted by Gasteiger charge is -2.15. The zero-order chi connectivity index (χ0) is 19.2. The Bertz CT molecular complexity index is 852. The summed E-state index contributed by atoms with van der Waals surface area (Å²) in [5.41, 5.74) is 4.05. The van der Waals surface area contributed by atoms with Crippen molar-refractivity contribution in [1.29, 1.82) is 0 Å². The number of carbonyl (C=O) groups excluding carboxylic acids is 2. The van der Waals surface area contributed by atoms with E-state index >= 15 is 0 Å². The average Bonchev–Trinajstić information content (AvgIpc) is 3.10. The summed E-state index contributed by atoms with van der Waals surface area (Å²) in [4.78, 5) is 24.7. The van der Waals surface area contributed by atoms with Crippen molar-refractivity contribution in [3.05, 3.63) is 59.7 Å². The maximum atomic E-state index is 12.6. The molecule has 1 heterocycles. The molecule has 0 radical (unpaired) electrons. The van der Waals surface area contributed by atoms with Crippen LogP contribution in [0.5, 0.6) is 11.5 Å². The summed E-state index contributed by atoms with van der Waals surface area (Å²) in [7, 11) is 3.11. The molecule has 0 aliphatic carbocycles. The highest BCUT2D eigenvalue weighted by atomic mass is 16.5. The molecule has 1 aliphatic rings. The van der Waals surface area contributed by atoms with Crippen LogP contribution >= 0.6 is 0 Å². The van der Waals surface area contributed by atoms with Gasteiger partial charge in [-0.25, -0.2) is 5.43 Å². The van der Waals surface area contributed by atoms with E-state index in [1.54, 1.807) is 32.4 Å². The molecule has 7 heteroatoms. The Labute approximate surface area is 157 Å². The SMILES string of the molecule is COc1ccc(OC)c(/C=N/NC(=O)[C@H]2C(=O)NC[C@@H]2c2ccccc2)c1. The van der Waals surface area contributed by atoms with E-state index in [4.69, 9.17) is 9.47 Å². The number of ether oxygens (including phenoxy) is 2. The zero-order valence-corrected chi connectivity index (χ0v) is 15.1. The Morgan fingerprint density at radius 1 is 1.19 bits per heavy atom. The summed E-state index contributed by atoms with van der Waals surface area (Å²) >= 11 is 0. The summed E-state index contributed by atoms with van der Waals surface area (Å²) in [6, 6.07) is 14.8. The summed E-state index contributed by atoms with van der Waals surface area (Å²) in [5, 5.41) is 6.74. The Morgan fingerprint density at radius 2 is 1.96 bits per heavy atom. The number of methoxy groups -OCH3 is 2. The molecule has 0 bridgehead atoms. The van der Waals surface area contributed by atoms with Crippen molar-refractivity contribution in [2.24, 2.45) is 11.0 Å². The van der Waals surface area contributed by atoms with Gasteiger partial charge in [0.25, 0.3) is 5.91 Å². The molecular formula is C20H21N3O4. The summed E-state index contributed by atoms with van der Waals surface area (Å²) in [6.07, 6.45) is 1.46. The fourth-order valence-corrected chi connectivity index (χ4v) is 3.11. The van der Waals surface area contributed by atoms with Gasteiger partial charge in [-0.2, -0.15) is 5.10 Å². The van der Waals surface area contributed by atoms with E-state index < -0.39 is 11.8 Å². The lowest BCUT2D eigenvalue weighted by molar-refractivity contribution is -0.133. The van der Waals surface area contributed by atoms with Crippen molar-refractivity contribution >= 4 is 18.0 Å². The number of benzene rings is 2. The first-order chi connectivity index (χ1) is 13.1. The van der Waals surface area contributed by atoms with Gasteiger partial charge in [-0.1, -0.05) is 30.3 Å². The molecule has 1 aliphatic heterocycles. The first kappa shape index (κ1) is 18.4. The number of nitrogens with one attached hydrogen (secondary N) is 2. The van der Waals surface area contributed by atoms with Crippen LogP contribution in [0.25, 0.3) is 0 Å². The van der Waals surface area contributed by atoms with E-state index in [1.165, 1.54) is 6.21 Å². The molecule has 0 unspecified atom stereocenters. The number of nitrogens with zero attached hydrogens (tertiary/aromatic N) is 1. The van der Waals surface area contributed by atoms with Gasteiger partial charge >= 0.3 is 0 Å². The quantitative estimate of drug-likeness (QED) is 0.462. The molecule has 7 nitrogen and oxygen atoms in total. The highest BCUT2D eigenvalue weighted by Gasteiger charge is 2.40. The molecular weight excluding hydrogens is 346 g/mol. The maximum Gasteiger partial charge on any atom is 0.253 e. The number of hydrogen-bond acceptors (Lipinski definition) is 5. The molecule has 27 heavy (non-hydrogen) atoms. The van der Waals surface area contributed by atoms with Crippen molar-refractivity contribution in [2.75, 3.05) is 20.8 Å². The molecule has 140 valence electrons. The number of amides is 2. The van der Waals surface area contributed by atoms with E-state index in [0.717, 1.165) is 5.56 Å². The van der Waals surface area contributed by atoms with E-state index in [0.29, 0.717) is 23.6 Å². The number of rotatable bonds is 6. The van der Waals surface area contributed by atoms with Crippen molar-refractivity contribution in [3.8, 4) is 11.5 Å². The van der Waals surface area contributed by atoms with Crippen LogP contribution in [0.4, 0.5) is 0 Å². The molecule has 1 saturated heterocycles. The summed E-state index contributed by atoms with van der Waals surface area (Å²) in [5.74, 6) is -0.554. The van der Waals surface area contributed by atoms with Crippen LogP contribution in [0, 0.1) is 5.92 Å². The van der Waals surface area contributed by atoms with Crippen LogP contribution in [-0.2, 0) is 9.59 Å². The van der Waals surface area contributed by atoms with Gasteiger partial charge in [-0.05, 0) is 23.8 Å². The van der Waals surface area contributed by atoms with Crippen LogP contribution in [0.3, 0.4) is 0 Å². The maximum absolute atomic E-state index is 12.6. The summed E-state index contributed by atoms with van der Waals surface area (Å²) in [6.45, 7) is 0.425. The van der Waals surface area contributed by atoms with Crippen LogP contribution < -0.4 is 20.2 Å². The number of carbonyl (C=O) groups is 2. The van der Waals surface area contributed by atoms with Crippen molar-refractivity contribution in [1.82, 2.24) is 10.7 Å². The average molecular weight is 367 g/mol. The van der Waals surface area contributed by atoms with E-state index in [2.05, 4.69) is 15.8 Å². The minimum Gasteiger partial charge on any atom is -0.497 e. The zero-order valence-electron chi connectivity index (χ0n) is 15.1. The fraction of sp³-hybridized carbons (Fsp3) is 0.250. The Kier molecular flexibility index (Phi) is 5.71. The molecule has 0 spiro atoms. The second-order valence-corrected chi connectivity index (χ2v) is 6.08. The first-order valence-electron chi connectivity index (χ1n) is 8.51. The van der Waals surface area contributed by atoms with Gasteiger partial charge in [0.05, 0.1) is 20.4 Å². The predicted octanol–water partition coefficient (Wildman–Crippen LogP) is 1.68. The largest absolute Gasteiger partial charge is 0.497 e.